The van der Waals surface area contributed by atoms with Gasteiger partial charge in [-0.25, -0.2) is 13.1 Å². The van der Waals surface area contributed by atoms with E-state index in [9.17, 15) is 8.42 Å². The fourth-order valence-electron chi connectivity index (χ4n) is 3.10. The van der Waals surface area contributed by atoms with Gasteiger partial charge in [0.25, 0.3) is 0 Å². The molecule has 4 rings (SSSR count). The molecule has 0 saturated heterocycles. The lowest BCUT2D eigenvalue weighted by Gasteiger charge is -2.07. The molecule has 2 aromatic heterocycles. The number of para-hydroxylation sites is 1. The summed E-state index contributed by atoms with van der Waals surface area (Å²) < 4.78 is 31.4. The van der Waals surface area contributed by atoms with Crippen molar-refractivity contribution in [3.8, 4) is 5.69 Å². The number of aromatic nitrogens is 2. The van der Waals surface area contributed by atoms with Crippen molar-refractivity contribution in [3.05, 3.63) is 60.3 Å². The molecule has 7 heteroatoms. The molecule has 136 valence electrons. The van der Waals surface area contributed by atoms with Crippen LogP contribution in [0.15, 0.2) is 58.1 Å². The molecular weight excluding hydrogens is 350 g/mol. The van der Waals surface area contributed by atoms with Crippen LogP contribution in [-0.4, -0.2) is 24.5 Å². The minimum absolute atomic E-state index is 0.254. The topological polar surface area (TPSA) is 77.1 Å². The molecule has 2 atom stereocenters. The summed E-state index contributed by atoms with van der Waals surface area (Å²) in [5.41, 5.74) is 1.33. The number of anilines is 1. The summed E-state index contributed by atoms with van der Waals surface area (Å²) in [5.74, 6) is 3.23. The van der Waals surface area contributed by atoms with Gasteiger partial charge in [0.2, 0.25) is 0 Å². The molecule has 1 fully saturated rings. The van der Waals surface area contributed by atoms with Crippen LogP contribution < -0.4 is 5.32 Å². The number of hydrogen-bond donors (Lipinski definition) is 1. The molecule has 0 spiro atoms. The predicted molar refractivity (Wildman–Crippen MR) is 99.2 cm³/mol. The maximum Gasteiger partial charge on any atom is 0.177 e. The van der Waals surface area contributed by atoms with E-state index in [-0.39, 0.29) is 4.90 Å². The van der Waals surface area contributed by atoms with Gasteiger partial charge in [0.15, 0.2) is 9.84 Å². The molecule has 0 amide bonds. The van der Waals surface area contributed by atoms with E-state index < -0.39 is 9.84 Å². The Kier molecular flexibility index (Phi) is 4.11. The van der Waals surface area contributed by atoms with Crippen molar-refractivity contribution in [2.24, 2.45) is 5.92 Å². The largest absolute Gasteiger partial charge is 0.464 e. The quantitative estimate of drug-likeness (QED) is 0.716. The third-order valence-corrected chi connectivity index (χ3v) is 5.86. The number of benzene rings is 1. The van der Waals surface area contributed by atoms with Gasteiger partial charge in [0.05, 0.1) is 35.2 Å². The lowest BCUT2D eigenvalue weighted by Crippen LogP contribution is -2.05. The molecule has 1 N–H and O–H groups in total. The molecule has 1 aliphatic carbocycles. The summed E-state index contributed by atoms with van der Waals surface area (Å²) in [6.45, 7) is 2.79. The molecule has 1 saturated carbocycles. The van der Waals surface area contributed by atoms with Gasteiger partial charge in [-0.05, 0) is 36.6 Å². The molecule has 0 bridgehead atoms. The summed E-state index contributed by atoms with van der Waals surface area (Å²) in [6.07, 6.45) is 5.85. The molecular formula is C19H21N3O3S. The third-order valence-electron chi connectivity index (χ3n) is 4.72. The second kappa shape index (κ2) is 6.32. The Hall–Kier alpha value is -2.54. The van der Waals surface area contributed by atoms with E-state index in [4.69, 9.17) is 4.42 Å². The Morgan fingerprint density at radius 1 is 1.27 bits per heavy atom. The van der Waals surface area contributed by atoms with Crippen molar-refractivity contribution in [2.75, 3.05) is 11.6 Å². The maximum absolute atomic E-state index is 12.0. The van der Waals surface area contributed by atoms with Crippen molar-refractivity contribution >= 4 is 15.5 Å². The Morgan fingerprint density at radius 2 is 2.04 bits per heavy atom. The van der Waals surface area contributed by atoms with Gasteiger partial charge in [-0.3, -0.25) is 0 Å². The molecule has 1 aliphatic rings. The summed E-state index contributed by atoms with van der Waals surface area (Å²) >= 11 is 0. The van der Waals surface area contributed by atoms with Crippen molar-refractivity contribution in [1.29, 1.82) is 0 Å². The van der Waals surface area contributed by atoms with Crippen LogP contribution in [0.2, 0.25) is 0 Å². The average Bonchev–Trinajstić information content (AvgIpc) is 3.04. The maximum atomic E-state index is 12.0. The van der Waals surface area contributed by atoms with Crippen molar-refractivity contribution in [1.82, 2.24) is 9.78 Å². The van der Waals surface area contributed by atoms with Crippen molar-refractivity contribution in [2.45, 2.75) is 30.7 Å². The second-order valence-electron chi connectivity index (χ2n) is 6.89. The fourth-order valence-corrected chi connectivity index (χ4v) is 3.97. The molecule has 26 heavy (non-hydrogen) atoms. The molecule has 0 unspecified atom stereocenters. The second-order valence-corrected chi connectivity index (χ2v) is 8.87. The third kappa shape index (κ3) is 3.39. The first-order valence-corrected chi connectivity index (χ1v) is 10.5. The van der Waals surface area contributed by atoms with Gasteiger partial charge in [0, 0.05) is 12.2 Å². The zero-order chi connectivity index (χ0) is 18.3. The molecule has 1 aromatic carbocycles. The zero-order valence-electron chi connectivity index (χ0n) is 14.7. The number of nitrogens with zero attached hydrogens (tertiary/aromatic N) is 2. The summed E-state index contributed by atoms with van der Waals surface area (Å²) in [6, 6.07) is 10.9. The first-order chi connectivity index (χ1) is 12.4. The van der Waals surface area contributed by atoms with Crippen LogP contribution in [-0.2, 0) is 16.4 Å². The van der Waals surface area contributed by atoms with Crippen LogP contribution in [0.3, 0.4) is 0 Å². The number of hydrogen-bond acceptors (Lipinski definition) is 5. The standard InChI is InChI=1S/C19H21N3O3S/c1-13-9-16(13)18-8-7-15(25-18)11-20-14-10-21-22(12-14)17-5-3-4-6-19(17)26(2,23)24/h3-8,10,12-13,16,20H,9,11H2,1-2H3/t13-,16+/m0/s1. The Morgan fingerprint density at radius 3 is 2.77 bits per heavy atom. The fraction of sp³-hybridized carbons (Fsp3) is 0.316. The van der Waals surface area contributed by atoms with Crippen LogP contribution in [0.5, 0.6) is 0 Å². The van der Waals surface area contributed by atoms with Gasteiger partial charge in [-0.15, -0.1) is 0 Å². The van der Waals surface area contributed by atoms with Crippen molar-refractivity contribution in [3.63, 3.8) is 0 Å². The zero-order valence-corrected chi connectivity index (χ0v) is 15.5. The van der Waals surface area contributed by atoms with E-state index in [1.807, 2.05) is 6.07 Å². The first kappa shape index (κ1) is 16.9. The highest BCUT2D eigenvalue weighted by atomic mass is 32.2. The van der Waals surface area contributed by atoms with E-state index in [1.54, 1.807) is 41.3 Å². The highest BCUT2D eigenvalue weighted by Gasteiger charge is 2.36. The first-order valence-electron chi connectivity index (χ1n) is 8.58. The Balaban J connectivity index is 1.48. The Bertz CT molecular complexity index is 1040. The van der Waals surface area contributed by atoms with E-state index in [0.29, 0.717) is 18.2 Å². The number of furan rings is 1. The smallest absolute Gasteiger partial charge is 0.177 e. The van der Waals surface area contributed by atoms with Gasteiger partial charge >= 0.3 is 0 Å². The SMILES string of the molecule is C[C@H]1C[C@H]1c1ccc(CNc2cnn(-c3ccccc3S(C)(=O)=O)c2)o1. The molecule has 3 aromatic rings. The summed E-state index contributed by atoms with van der Waals surface area (Å²) in [4.78, 5) is 0.254. The molecule has 0 radical (unpaired) electrons. The lowest BCUT2D eigenvalue weighted by atomic mass is 10.3. The normalized spacial score (nSPS) is 19.5. The highest BCUT2D eigenvalue weighted by Crippen LogP contribution is 2.47. The van der Waals surface area contributed by atoms with Gasteiger partial charge < -0.3 is 9.73 Å². The lowest BCUT2D eigenvalue weighted by molar-refractivity contribution is 0.468. The highest BCUT2D eigenvalue weighted by molar-refractivity contribution is 7.90. The van der Waals surface area contributed by atoms with Crippen LogP contribution in [0.1, 0.15) is 30.8 Å². The average molecular weight is 371 g/mol. The minimum Gasteiger partial charge on any atom is -0.464 e. The molecule has 0 aliphatic heterocycles. The van der Waals surface area contributed by atoms with Crippen LogP contribution in [0, 0.1) is 5.92 Å². The van der Waals surface area contributed by atoms with E-state index >= 15 is 0 Å². The van der Waals surface area contributed by atoms with Gasteiger partial charge in [-0.2, -0.15) is 5.10 Å². The van der Waals surface area contributed by atoms with E-state index in [2.05, 4.69) is 23.4 Å². The van der Waals surface area contributed by atoms with E-state index in [0.717, 1.165) is 23.1 Å². The molecule has 6 nitrogen and oxygen atoms in total. The number of rotatable bonds is 6. The van der Waals surface area contributed by atoms with Crippen LogP contribution >= 0.6 is 0 Å². The summed E-state index contributed by atoms with van der Waals surface area (Å²) in [5, 5.41) is 7.55. The molecule has 2 heterocycles. The van der Waals surface area contributed by atoms with Crippen LogP contribution in [0.25, 0.3) is 5.69 Å². The number of nitrogens with one attached hydrogen (secondary N) is 1. The predicted octanol–water partition coefficient (Wildman–Crippen LogP) is 3.60. The monoisotopic (exact) mass is 371 g/mol. The van der Waals surface area contributed by atoms with E-state index in [1.165, 1.54) is 12.7 Å². The van der Waals surface area contributed by atoms with Gasteiger partial charge in [0.1, 0.15) is 11.5 Å². The summed E-state index contributed by atoms with van der Waals surface area (Å²) in [7, 11) is -3.33. The van der Waals surface area contributed by atoms with Crippen LogP contribution in [0.4, 0.5) is 5.69 Å². The van der Waals surface area contributed by atoms with Crippen molar-refractivity contribution < 1.29 is 12.8 Å². The number of sulfone groups is 1. The minimum atomic E-state index is -3.33. The van der Waals surface area contributed by atoms with Gasteiger partial charge in [-0.1, -0.05) is 19.1 Å². The Labute approximate surface area is 152 Å².